The predicted octanol–water partition coefficient (Wildman–Crippen LogP) is 2.47. The van der Waals surface area contributed by atoms with Gasteiger partial charge in [-0.25, -0.2) is 8.78 Å². The molecule has 2 aromatic rings. The van der Waals surface area contributed by atoms with E-state index >= 15 is 0 Å². The highest BCUT2D eigenvalue weighted by Gasteiger charge is 2.31. The molecule has 0 bridgehead atoms. The van der Waals surface area contributed by atoms with Crippen LogP contribution in [0.4, 0.5) is 8.78 Å². The van der Waals surface area contributed by atoms with Gasteiger partial charge in [0, 0.05) is 42.5 Å². The van der Waals surface area contributed by atoms with Gasteiger partial charge < -0.3 is 15.0 Å². The summed E-state index contributed by atoms with van der Waals surface area (Å²) in [5.74, 6) is -0.959. The third kappa shape index (κ3) is 4.29. The lowest BCUT2D eigenvalue weighted by atomic mass is 9.90. The van der Waals surface area contributed by atoms with Crippen LogP contribution in [0.5, 0.6) is 0 Å². The van der Waals surface area contributed by atoms with E-state index < -0.39 is 11.6 Å². The highest BCUT2D eigenvalue weighted by atomic mass is 19.1. The topological polar surface area (TPSA) is 59.4 Å². The number of nitrogens with one attached hydrogen (secondary N) is 1. The van der Waals surface area contributed by atoms with E-state index in [-0.39, 0.29) is 18.5 Å². The Bertz CT molecular complexity index is 937. The number of morpholine rings is 1. The van der Waals surface area contributed by atoms with Crippen molar-refractivity contribution in [2.45, 2.75) is 38.4 Å². The van der Waals surface area contributed by atoms with Crippen LogP contribution in [0.2, 0.25) is 0 Å². The van der Waals surface area contributed by atoms with Crippen LogP contribution in [-0.2, 0) is 30.7 Å². The van der Waals surface area contributed by atoms with Crippen molar-refractivity contribution in [1.82, 2.24) is 20.0 Å². The van der Waals surface area contributed by atoms with Crippen LogP contribution < -0.4 is 5.32 Å². The second-order valence-corrected chi connectivity index (χ2v) is 7.71. The van der Waals surface area contributed by atoms with Crippen molar-refractivity contribution in [2.24, 2.45) is 0 Å². The maximum Gasteiger partial charge on any atom is 0.274 e. The molecule has 1 atom stereocenters. The quantitative estimate of drug-likeness (QED) is 0.735. The van der Waals surface area contributed by atoms with Gasteiger partial charge in [-0.2, -0.15) is 5.10 Å². The van der Waals surface area contributed by atoms with E-state index in [4.69, 9.17) is 4.74 Å². The van der Waals surface area contributed by atoms with Gasteiger partial charge in [-0.1, -0.05) is 6.08 Å². The third-order valence-electron chi connectivity index (χ3n) is 5.74. The van der Waals surface area contributed by atoms with E-state index in [0.29, 0.717) is 50.5 Å². The summed E-state index contributed by atoms with van der Waals surface area (Å²) in [6.07, 6.45) is 3.98. The second kappa shape index (κ2) is 9.06. The molecule has 1 aliphatic carbocycles. The Kier molecular flexibility index (Phi) is 6.24. The lowest BCUT2D eigenvalue weighted by Gasteiger charge is -2.28. The van der Waals surface area contributed by atoms with Crippen LogP contribution in [0, 0.1) is 11.6 Å². The number of rotatable bonds is 6. The SMILES string of the molecule is C=CCn1nc(C(=O)N2CCOCC2)c2c1CC[C@@H](NCc1cc(F)ccc1F)C2. The number of hydrogen-bond acceptors (Lipinski definition) is 4. The molecule has 1 N–H and O–H groups in total. The molecule has 0 spiro atoms. The Morgan fingerprint density at radius 3 is 2.90 bits per heavy atom. The maximum atomic E-state index is 13.9. The molecule has 6 nitrogen and oxygen atoms in total. The molecule has 1 aromatic heterocycles. The molecule has 2 heterocycles. The summed E-state index contributed by atoms with van der Waals surface area (Å²) in [5, 5.41) is 7.94. The lowest BCUT2D eigenvalue weighted by molar-refractivity contribution is 0.0297. The molecule has 0 radical (unpaired) electrons. The summed E-state index contributed by atoms with van der Waals surface area (Å²) in [6.45, 7) is 6.75. The number of benzene rings is 1. The number of carbonyl (C=O) groups is 1. The summed E-state index contributed by atoms with van der Waals surface area (Å²) in [4.78, 5) is 14.9. The molecule has 1 fully saturated rings. The molecule has 8 heteroatoms. The molecule has 30 heavy (non-hydrogen) atoms. The van der Waals surface area contributed by atoms with Gasteiger partial charge >= 0.3 is 0 Å². The fourth-order valence-electron chi connectivity index (χ4n) is 4.16. The molecule has 2 aliphatic rings. The van der Waals surface area contributed by atoms with Gasteiger partial charge in [-0.3, -0.25) is 9.48 Å². The van der Waals surface area contributed by atoms with E-state index in [9.17, 15) is 13.6 Å². The molecule has 1 aromatic carbocycles. The van der Waals surface area contributed by atoms with Gasteiger partial charge in [0.1, 0.15) is 11.6 Å². The number of hydrogen-bond donors (Lipinski definition) is 1. The van der Waals surface area contributed by atoms with E-state index in [2.05, 4.69) is 17.0 Å². The predicted molar refractivity (Wildman–Crippen MR) is 108 cm³/mol. The van der Waals surface area contributed by atoms with Crippen molar-refractivity contribution in [2.75, 3.05) is 26.3 Å². The first-order valence-electron chi connectivity index (χ1n) is 10.3. The van der Waals surface area contributed by atoms with Crippen molar-refractivity contribution in [3.63, 3.8) is 0 Å². The van der Waals surface area contributed by atoms with Gasteiger partial charge in [0.15, 0.2) is 5.69 Å². The third-order valence-corrected chi connectivity index (χ3v) is 5.74. The zero-order chi connectivity index (χ0) is 21.1. The van der Waals surface area contributed by atoms with E-state index in [1.54, 1.807) is 11.0 Å². The summed E-state index contributed by atoms with van der Waals surface area (Å²) in [5.41, 5.74) is 2.78. The molecule has 4 rings (SSSR count). The molecule has 0 saturated carbocycles. The molecule has 0 unspecified atom stereocenters. The highest BCUT2D eigenvalue weighted by Crippen LogP contribution is 2.26. The van der Waals surface area contributed by atoms with E-state index in [0.717, 1.165) is 36.2 Å². The smallest absolute Gasteiger partial charge is 0.274 e. The first kappa shape index (κ1) is 20.7. The molecule has 160 valence electrons. The minimum absolute atomic E-state index is 0.0535. The molecular formula is C22H26F2N4O2. The van der Waals surface area contributed by atoms with Crippen molar-refractivity contribution >= 4 is 5.91 Å². The Morgan fingerprint density at radius 2 is 2.13 bits per heavy atom. The minimum atomic E-state index is -0.455. The fourth-order valence-corrected chi connectivity index (χ4v) is 4.16. The van der Waals surface area contributed by atoms with E-state index in [1.165, 1.54) is 6.07 Å². The number of aromatic nitrogens is 2. The number of nitrogens with zero attached hydrogens (tertiary/aromatic N) is 3. The van der Waals surface area contributed by atoms with Crippen molar-refractivity contribution < 1.29 is 18.3 Å². The molecular weight excluding hydrogens is 390 g/mol. The second-order valence-electron chi connectivity index (χ2n) is 7.71. The summed E-state index contributed by atoms with van der Waals surface area (Å²) < 4.78 is 34.6. The van der Waals surface area contributed by atoms with Gasteiger partial charge in [0.05, 0.1) is 19.8 Å². The van der Waals surface area contributed by atoms with Crippen molar-refractivity contribution in [3.05, 3.63) is 65.0 Å². The molecule has 1 saturated heterocycles. The largest absolute Gasteiger partial charge is 0.378 e. The number of amides is 1. The van der Waals surface area contributed by atoms with Crippen LogP contribution in [0.3, 0.4) is 0 Å². The van der Waals surface area contributed by atoms with Gasteiger partial charge in [-0.05, 0) is 37.5 Å². The number of halogens is 2. The Morgan fingerprint density at radius 1 is 1.33 bits per heavy atom. The normalized spacial score (nSPS) is 18.9. The van der Waals surface area contributed by atoms with Gasteiger partial charge in [0.25, 0.3) is 5.91 Å². The average molecular weight is 416 g/mol. The van der Waals surface area contributed by atoms with Crippen LogP contribution in [-0.4, -0.2) is 52.9 Å². The Labute approximate surface area is 174 Å². The fraction of sp³-hybridized carbons (Fsp3) is 0.455. The van der Waals surface area contributed by atoms with Crippen LogP contribution >= 0.6 is 0 Å². The monoisotopic (exact) mass is 416 g/mol. The number of carbonyl (C=O) groups excluding carboxylic acids is 1. The summed E-state index contributed by atoms with van der Waals surface area (Å²) >= 11 is 0. The zero-order valence-electron chi connectivity index (χ0n) is 16.9. The Hall–Kier alpha value is -2.58. The number of ether oxygens (including phenoxy) is 1. The first-order valence-corrected chi connectivity index (χ1v) is 10.3. The lowest BCUT2D eigenvalue weighted by Crippen LogP contribution is -2.41. The summed E-state index contributed by atoms with van der Waals surface area (Å²) in [6, 6.07) is 3.52. The van der Waals surface area contributed by atoms with Crippen molar-refractivity contribution in [3.8, 4) is 0 Å². The molecule has 1 amide bonds. The number of allylic oxidation sites excluding steroid dienone is 1. The first-order chi connectivity index (χ1) is 14.6. The maximum absolute atomic E-state index is 13.9. The minimum Gasteiger partial charge on any atom is -0.378 e. The Balaban J connectivity index is 1.52. The van der Waals surface area contributed by atoms with Crippen LogP contribution in [0.25, 0.3) is 0 Å². The van der Waals surface area contributed by atoms with Crippen LogP contribution in [0.15, 0.2) is 30.9 Å². The highest BCUT2D eigenvalue weighted by molar-refractivity contribution is 5.94. The standard InChI is InChI=1S/C22H26F2N4O2/c1-2-7-28-20-6-4-17(25-14-15-12-16(23)3-5-19(15)24)13-18(20)21(26-28)22(29)27-8-10-30-11-9-27/h2-3,5,12,17,25H,1,4,6-11,13-14H2/t17-/m1/s1. The van der Waals surface area contributed by atoms with Gasteiger partial charge in [0.2, 0.25) is 0 Å². The average Bonchev–Trinajstić information content (AvgIpc) is 3.12. The zero-order valence-corrected chi connectivity index (χ0v) is 16.9. The summed E-state index contributed by atoms with van der Waals surface area (Å²) in [7, 11) is 0. The van der Waals surface area contributed by atoms with Gasteiger partial charge in [-0.15, -0.1) is 6.58 Å². The van der Waals surface area contributed by atoms with Crippen LogP contribution in [0.1, 0.15) is 33.7 Å². The number of fused-ring (bicyclic) bond motifs is 1. The van der Waals surface area contributed by atoms with Crippen molar-refractivity contribution in [1.29, 1.82) is 0 Å². The molecule has 1 aliphatic heterocycles. The van der Waals surface area contributed by atoms with E-state index in [1.807, 2.05) is 4.68 Å².